The second kappa shape index (κ2) is 10.7. The van der Waals surface area contributed by atoms with Crippen molar-refractivity contribution in [3.05, 3.63) is 97.5 Å². The van der Waals surface area contributed by atoms with E-state index in [9.17, 15) is 15.4 Å². The molecule has 0 heterocycles. The summed E-state index contributed by atoms with van der Waals surface area (Å²) in [6, 6.07) is 18.5. The molecule has 3 aromatic carbocycles. The molecular weight excluding hydrogens is 451 g/mol. The standard InChI is InChI=1S/C24H18Cl2N2O4/c1-2-31-24-11-16(10-19(14-27)17-4-3-5-21(12-17)28(29)30)6-9-23(24)32-15-18-7-8-20(25)13-22(18)26/h3-13H,2,15H2,1H3/b19-10-. The average molecular weight is 469 g/mol. The summed E-state index contributed by atoms with van der Waals surface area (Å²) in [6.07, 6.45) is 1.64. The maximum absolute atomic E-state index is 11.0. The Morgan fingerprint density at radius 3 is 2.59 bits per heavy atom. The third kappa shape index (κ3) is 5.79. The first kappa shape index (κ1) is 23.1. The normalized spacial score (nSPS) is 11.0. The summed E-state index contributed by atoms with van der Waals surface area (Å²) < 4.78 is 11.6. The molecule has 6 nitrogen and oxygen atoms in total. The Morgan fingerprint density at radius 2 is 1.91 bits per heavy atom. The zero-order valence-electron chi connectivity index (χ0n) is 17.0. The molecule has 0 radical (unpaired) electrons. The van der Waals surface area contributed by atoms with Gasteiger partial charge < -0.3 is 9.47 Å². The second-order valence-electron chi connectivity index (χ2n) is 6.64. The van der Waals surface area contributed by atoms with Crippen molar-refractivity contribution in [1.29, 1.82) is 5.26 Å². The number of rotatable bonds is 8. The molecule has 0 aliphatic rings. The van der Waals surface area contributed by atoms with Crippen LogP contribution in [0.4, 0.5) is 5.69 Å². The number of nitrogens with zero attached hydrogens (tertiary/aromatic N) is 2. The number of benzene rings is 3. The van der Waals surface area contributed by atoms with Crippen LogP contribution in [0.3, 0.4) is 0 Å². The van der Waals surface area contributed by atoms with Crippen LogP contribution in [0.15, 0.2) is 60.7 Å². The van der Waals surface area contributed by atoms with Crippen molar-refractivity contribution in [2.75, 3.05) is 6.61 Å². The summed E-state index contributed by atoms with van der Waals surface area (Å²) in [4.78, 5) is 10.5. The van der Waals surface area contributed by atoms with Gasteiger partial charge in [-0.25, -0.2) is 0 Å². The smallest absolute Gasteiger partial charge is 0.270 e. The van der Waals surface area contributed by atoms with E-state index >= 15 is 0 Å². The van der Waals surface area contributed by atoms with Crippen molar-refractivity contribution < 1.29 is 14.4 Å². The lowest BCUT2D eigenvalue weighted by Gasteiger charge is -2.13. The summed E-state index contributed by atoms with van der Waals surface area (Å²) in [5.41, 5.74) is 2.13. The number of allylic oxidation sites excluding steroid dienone is 1. The van der Waals surface area contributed by atoms with Gasteiger partial charge in [0.2, 0.25) is 0 Å². The lowest BCUT2D eigenvalue weighted by molar-refractivity contribution is -0.384. The van der Waals surface area contributed by atoms with E-state index in [1.807, 2.05) is 6.92 Å². The van der Waals surface area contributed by atoms with E-state index in [4.69, 9.17) is 32.7 Å². The number of hydrogen-bond acceptors (Lipinski definition) is 5. The monoisotopic (exact) mass is 468 g/mol. The molecule has 0 spiro atoms. The third-order valence-corrected chi connectivity index (χ3v) is 5.05. The highest BCUT2D eigenvalue weighted by Crippen LogP contribution is 2.32. The summed E-state index contributed by atoms with van der Waals surface area (Å²) in [5.74, 6) is 1.02. The van der Waals surface area contributed by atoms with Gasteiger partial charge in [-0.15, -0.1) is 0 Å². The first-order valence-corrected chi connectivity index (χ1v) is 10.4. The molecule has 0 fully saturated rings. The number of nitriles is 1. The van der Waals surface area contributed by atoms with Gasteiger partial charge in [-0.1, -0.05) is 47.5 Å². The Hall–Kier alpha value is -3.53. The van der Waals surface area contributed by atoms with Crippen molar-refractivity contribution in [2.45, 2.75) is 13.5 Å². The summed E-state index contributed by atoms with van der Waals surface area (Å²) in [7, 11) is 0. The van der Waals surface area contributed by atoms with E-state index in [0.29, 0.717) is 39.3 Å². The fourth-order valence-corrected chi connectivity index (χ4v) is 3.39. The topological polar surface area (TPSA) is 85.4 Å². The predicted molar refractivity (Wildman–Crippen MR) is 125 cm³/mol. The van der Waals surface area contributed by atoms with Gasteiger partial charge >= 0.3 is 0 Å². The molecular formula is C24H18Cl2N2O4. The van der Waals surface area contributed by atoms with Crippen molar-refractivity contribution >= 4 is 40.5 Å². The van der Waals surface area contributed by atoms with E-state index in [0.717, 1.165) is 5.56 Å². The number of halogens is 2. The average Bonchev–Trinajstić information content (AvgIpc) is 2.78. The van der Waals surface area contributed by atoms with E-state index in [1.165, 1.54) is 12.1 Å². The molecule has 0 saturated heterocycles. The molecule has 32 heavy (non-hydrogen) atoms. The highest BCUT2D eigenvalue weighted by atomic mass is 35.5. The second-order valence-corrected chi connectivity index (χ2v) is 7.48. The summed E-state index contributed by atoms with van der Waals surface area (Å²) in [6.45, 7) is 2.50. The lowest BCUT2D eigenvalue weighted by atomic mass is 10.0. The van der Waals surface area contributed by atoms with Gasteiger partial charge in [0.1, 0.15) is 6.61 Å². The minimum absolute atomic E-state index is 0.0803. The van der Waals surface area contributed by atoms with Crippen LogP contribution in [-0.2, 0) is 6.61 Å². The van der Waals surface area contributed by atoms with Crippen molar-refractivity contribution in [2.24, 2.45) is 0 Å². The highest BCUT2D eigenvalue weighted by Gasteiger charge is 2.11. The molecule has 0 saturated carbocycles. The van der Waals surface area contributed by atoms with Crippen molar-refractivity contribution in [3.63, 3.8) is 0 Å². The maximum atomic E-state index is 11.0. The number of nitro benzene ring substituents is 1. The van der Waals surface area contributed by atoms with Crippen LogP contribution in [0.5, 0.6) is 11.5 Å². The van der Waals surface area contributed by atoms with Crippen LogP contribution in [0.2, 0.25) is 10.0 Å². The molecule has 8 heteroatoms. The van der Waals surface area contributed by atoms with E-state index in [-0.39, 0.29) is 17.9 Å². The van der Waals surface area contributed by atoms with Crippen LogP contribution in [0.1, 0.15) is 23.6 Å². The third-order valence-electron chi connectivity index (χ3n) is 4.47. The summed E-state index contributed by atoms with van der Waals surface area (Å²) >= 11 is 12.1. The van der Waals surface area contributed by atoms with E-state index in [2.05, 4.69) is 6.07 Å². The molecule has 0 atom stereocenters. The van der Waals surface area contributed by atoms with Crippen molar-refractivity contribution in [3.8, 4) is 17.6 Å². The zero-order valence-corrected chi connectivity index (χ0v) is 18.6. The van der Waals surface area contributed by atoms with E-state index in [1.54, 1.807) is 54.6 Å². The zero-order chi connectivity index (χ0) is 23.1. The number of non-ortho nitro benzene ring substituents is 1. The minimum atomic E-state index is -0.495. The fraction of sp³-hybridized carbons (Fsp3) is 0.125. The number of nitro groups is 1. The molecule has 0 bridgehead atoms. The maximum Gasteiger partial charge on any atom is 0.270 e. The quantitative estimate of drug-likeness (QED) is 0.154. The molecule has 3 rings (SSSR count). The van der Waals surface area contributed by atoms with Crippen LogP contribution >= 0.6 is 23.2 Å². The molecule has 0 N–H and O–H groups in total. The largest absolute Gasteiger partial charge is 0.490 e. The first-order chi connectivity index (χ1) is 15.4. The summed E-state index contributed by atoms with van der Waals surface area (Å²) in [5, 5.41) is 21.7. The van der Waals surface area contributed by atoms with E-state index < -0.39 is 4.92 Å². The molecule has 0 aliphatic carbocycles. The molecule has 162 valence electrons. The molecule has 0 amide bonds. The van der Waals surface area contributed by atoms with Gasteiger partial charge in [-0.3, -0.25) is 10.1 Å². The Kier molecular flexibility index (Phi) is 7.72. The highest BCUT2D eigenvalue weighted by molar-refractivity contribution is 6.35. The molecule has 0 aliphatic heterocycles. The predicted octanol–water partition coefficient (Wildman–Crippen LogP) is 6.94. The van der Waals surface area contributed by atoms with Crippen LogP contribution in [-0.4, -0.2) is 11.5 Å². The molecule has 3 aromatic rings. The van der Waals surface area contributed by atoms with Gasteiger partial charge in [0.25, 0.3) is 5.69 Å². The molecule has 0 aromatic heterocycles. The minimum Gasteiger partial charge on any atom is -0.490 e. The Labute approximate surface area is 195 Å². The fourth-order valence-electron chi connectivity index (χ4n) is 2.93. The van der Waals surface area contributed by atoms with Gasteiger partial charge in [-0.05, 0) is 48.4 Å². The lowest BCUT2D eigenvalue weighted by Crippen LogP contribution is -2.00. The Balaban J connectivity index is 1.88. The Bertz CT molecular complexity index is 1220. The van der Waals surface area contributed by atoms with Gasteiger partial charge in [0.05, 0.1) is 23.2 Å². The van der Waals surface area contributed by atoms with Gasteiger partial charge in [0.15, 0.2) is 11.5 Å². The molecule has 0 unspecified atom stereocenters. The first-order valence-electron chi connectivity index (χ1n) is 9.61. The van der Waals surface area contributed by atoms with Crippen molar-refractivity contribution in [1.82, 2.24) is 0 Å². The Morgan fingerprint density at radius 1 is 1.09 bits per heavy atom. The number of hydrogen-bond donors (Lipinski definition) is 0. The van der Waals surface area contributed by atoms with Crippen LogP contribution in [0, 0.1) is 21.4 Å². The van der Waals surface area contributed by atoms with Crippen LogP contribution < -0.4 is 9.47 Å². The van der Waals surface area contributed by atoms with Gasteiger partial charge in [0, 0.05) is 27.7 Å². The number of ether oxygens (including phenoxy) is 2. The SMILES string of the molecule is CCOc1cc(/C=C(/C#N)c2cccc([N+](=O)[O-])c2)ccc1OCc1ccc(Cl)cc1Cl. The van der Waals surface area contributed by atoms with Crippen LogP contribution in [0.25, 0.3) is 11.6 Å². The van der Waals surface area contributed by atoms with Gasteiger partial charge in [-0.2, -0.15) is 5.26 Å².